The highest BCUT2D eigenvalue weighted by molar-refractivity contribution is 8.26. The molecule has 0 aromatic heterocycles. The molecular weight excluding hydrogens is 639 g/mol. The van der Waals surface area contributed by atoms with E-state index in [4.69, 9.17) is 4.74 Å². The molecule has 2 N–H and O–H groups in total. The largest absolute Gasteiger partial charge is 0.505 e. The van der Waals surface area contributed by atoms with Gasteiger partial charge in [0.05, 0.1) is 41.1 Å². The van der Waals surface area contributed by atoms with Crippen LogP contribution in [0.25, 0.3) is 0 Å². The maximum atomic E-state index is 13.9. The van der Waals surface area contributed by atoms with Crippen molar-refractivity contribution in [1.29, 1.82) is 5.26 Å². The Bertz CT molecular complexity index is 1730. The maximum Gasteiger partial charge on any atom is 0.350 e. The molecule has 13 heteroatoms. The van der Waals surface area contributed by atoms with Crippen molar-refractivity contribution in [3.63, 3.8) is 0 Å². The Morgan fingerprint density at radius 2 is 1.27 bits per heavy atom. The number of esters is 1. The molecule has 3 aromatic carbocycles. The summed E-state index contributed by atoms with van der Waals surface area (Å²) in [7, 11) is 0. The standard InChI is InChI=1S/C31H21N3O6S4/c1-2-13-40-29(39)19(14-32)30-41-23-21(35)25-26(22(36)24(23)42-30)44-31(43-25)20-27(37)33(15-17-9-5-3-6-10-17)34(28(20)38)16-18-11-7-4-8-12-18/h2-12,35-36H,1,13,15-16H2. The zero-order chi connectivity index (χ0) is 31.0. The third-order valence-electron chi connectivity index (χ3n) is 6.65. The highest BCUT2D eigenvalue weighted by Crippen LogP contribution is 2.68. The summed E-state index contributed by atoms with van der Waals surface area (Å²) < 4.78 is 5.60. The number of fused-ring (bicyclic) bond motifs is 2. The summed E-state index contributed by atoms with van der Waals surface area (Å²) in [5.41, 5.74) is 1.41. The van der Waals surface area contributed by atoms with Crippen LogP contribution in [-0.2, 0) is 32.2 Å². The first-order valence-corrected chi connectivity index (χ1v) is 16.3. The zero-order valence-corrected chi connectivity index (χ0v) is 25.9. The Labute approximate surface area is 269 Å². The molecule has 3 aliphatic rings. The molecule has 6 rings (SSSR count). The summed E-state index contributed by atoms with van der Waals surface area (Å²) in [6.07, 6.45) is 1.38. The van der Waals surface area contributed by atoms with Crippen molar-refractivity contribution in [2.45, 2.75) is 32.7 Å². The van der Waals surface area contributed by atoms with Crippen molar-refractivity contribution in [3.05, 3.63) is 104 Å². The van der Waals surface area contributed by atoms with E-state index in [9.17, 15) is 29.9 Å². The van der Waals surface area contributed by atoms with E-state index < -0.39 is 17.8 Å². The first-order valence-electron chi connectivity index (χ1n) is 13.0. The molecule has 0 atom stereocenters. The molecule has 1 saturated heterocycles. The van der Waals surface area contributed by atoms with Crippen molar-refractivity contribution < 1.29 is 29.3 Å². The molecule has 1 fully saturated rings. The summed E-state index contributed by atoms with van der Waals surface area (Å²) >= 11 is 4.00. The fraction of sp³-hybridized carbons (Fsp3) is 0.0968. The van der Waals surface area contributed by atoms with E-state index in [-0.39, 0.29) is 66.2 Å². The Balaban J connectivity index is 1.34. The van der Waals surface area contributed by atoms with E-state index in [0.29, 0.717) is 4.24 Å². The molecule has 0 bridgehead atoms. The normalized spacial score (nSPS) is 15.4. The van der Waals surface area contributed by atoms with Crippen LogP contribution in [-0.4, -0.2) is 44.6 Å². The molecule has 0 spiro atoms. The lowest BCUT2D eigenvalue weighted by Gasteiger charge is -2.27. The van der Waals surface area contributed by atoms with Crippen LogP contribution < -0.4 is 0 Å². The minimum atomic E-state index is -0.837. The van der Waals surface area contributed by atoms with E-state index in [1.165, 1.54) is 16.1 Å². The van der Waals surface area contributed by atoms with Gasteiger partial charge in [-0.1, -0.05) is 120 Å². The van der Waals surface area contributed by atoms with E-state index >= 15 is 0 Å². The predicted octanol–water partition coefficient (Wildman–Crippen LogP) is 6.16. The summed E-state index contributed by atoms with van der Waals surface area (Å²) in [5.74, 6) is -2.14. The molecule has 2 amide bonds. The number of carbonyl (C=O) groups is 3. The fourth-order valence-corrected chi connectivity index (χ4v) is 9.86. The smallest absolute Gasteiger partial charge is 0.350 e. The van der Waals surface area contributed by atoms with Gasteiger partial charge in [0.15, 0.2) is 5.57 Å². The average Bonchev–Trinajstić information content (AvgIpc) is 3.73. The van der Waals surface area contributed by atoms with Gasteiger partial charge in [-0.25, -0.2) is 14.8 Å². The summed E-state index contributed by atoms with van der Waals surface area (Å²) in [4.78, 5) is 41.3. The molecule has 220 valence electrons. The average molecular weight is 660 g/mol. The molecule has 0 saturated carbocycles. The lowest BCUT2D eigenvalue weighted by Crippen LogP contribution is -2.39. The second-order valence-electron chi connectivity index (χ2n) is 9.44. The monoisotopic (exact) mass is 659 g/mol. The van der Waals surface area contributed by atoms with Gasteiger partial charge in [-0.15, -0.1) is 0 Å². The van der Waals surface area contributed by atoms with E-state index in [1.807, 2.05) is 66.7 Å². The van der Waals surface area contributed by atoms with Crippen LogP contribution in [0.4, 0.5) is 0 Å². The van der Waals surface area contributed by atoms with Gasteiger partial charge in [0.1, 0.15) is 29.7 Å². The van der Waals surface area contributed by atoms with Gasteiger partial charge in [0.25, 0.3) is 11.8 Å². The quantitative estimate of drug-likeness (QED) is 0.0756. The zero-order valence-electron chi connectivity index (χ0n) is 22.7. The van der Waals surface area contributed by atoms with Gasteiger partial charge in [-0.3, -0.25) is 9.59 Å². The topological polar surface area (TPSA) is 131 Å². The molecule has 44 heavy (non-hydrogen) atoms. The van der Waals surface area contributed by atoms with Crippen LogP contribution >= 0.6 is 47.0 Å². The molecule has 0 unspecified atom stereocenters. The number of nitriles is 1. The summed E-state index contributed by atoms with van der Waals surface area (Å²) in [6.45, 7) is 3.78. The van der Waals surface area contributed by atoms with E-state index in [1.54, 1.807) is 0 Å². The SMILES string of the molecule is C=CCOC(=O)C(C#N)=C1Sc2c(O)c3c(c(O)c2S1)SC(=C1C(=O)N(Cc2ccccc2)N(Cc2ccccc2)C1=O)S3. The predicted molar refractivity (Wildman–Crippen MR) is 168 cm³/mol. The molecule has 9 nitrogen and oxygen atoms in total. The number of aromatic hydroxyl groups is 2. The number of hydrazine groups is 1. The van der Waals surface area contributed by atoms with Crippen molar-refractivity contribution in [2.24, 2.45) is 0 Å². The van der Waals surface area contributed by atoms with Gasteiger partial charge in [0.2, 0.25) is 0 Å². The van der Waals surface area contributed by atoms with Crippen LogP contribution in [0.5, 0.6) is 11.5 Å². The van der Waals surface area contributed by atoms with Crippen LogP contribution in [0.1, 0.15) is 11.1 Å². The lowest BCUT2D eigenvalue weighted by atomic mass is 10.2. The van der Waals surface area contributed by atoms with Gasteiger partial charge in [-0.2, -0.15) is 5.26 Å². The molecule has 3 heterocycles. The van der Waals surface area contributed by atoms with Gasteiger partial charge in [-0.05, 0) is 11.1 Å². The van der Waals surface area contributed by atoms with E-state index in [2.05, 4.69) is 6.58 Å². The Morgan fingerprint density at radius 3 is 1.70 bits per heavy atom. The number of amides is 2. The minimum Gasteiger partial charge on any atom is -0.505 e. The number of hydrogen-bond donors (Lipinski definition) is 2. The van der Waals surface area contributed by atoms with Crippen molar-refractivity contribution in [1.82, 2.24) is 10.0 Å². The molecular formula is C31H21N3O6S4. The first-order chi connectivity index (χ1) is 21.3. The molecule has 3 aliphatic heterocycles. The van der Waals surface area contributed by atoms with Crippen LogP contribution in [0, 0.1) is 11.3 Å². The first kappa shape index (κ1) is 29.8. The third kappa shape index (κ3) is 5.35. The number of carbonyl (C=O) groups excluding carboxylic acids is 3. The van der Waals surface area contributed by atoms with Gasteiger partial charge >= 0.3 is 5.97 Å². The number of rotatable bonds is 7. The van der Waals surface area contributed by atoms with Gasteiger partial charge in [0, 0.05) is 0 Å². The van der Waals surface area contributed by atoms with Crippen LogP contribution in [0.3, 0.4) is 0 Å². The number of ether oxygens (including phenoxy) is 1. The van der Waals surface area contributed by atoms with Crippen LogP contribution in [0.15, 0.2) is 113 Å². The highest BCUT2D eigenvalue weighted by Gasteiger charge is 2.46. The van der Waals surface area contributed by atoms with Crippen LogP contribution in [0.2, 0.25) is 0 Å². The lowest BCUT2D eigenvalue weighted by molar-refractivity contribution is -0.149. The van der Waals surface area contributed by atoms with Crippen molar-refractivity contribution in [2.75, 3.05) is 6.61 Å². The number of benzene rings is 3. The summed E-state index contributed by atoms with van der Waals surface area (Å²) in [5, 5.41) is 35.0. The maximum absolute atomic E-state index is 13.9. The summed E-state index contributed by atoms with van der Waals surface area (Å²) in [6, 6.07) is 20.6. The number of nitrogens with zero attached hydrogens (tertiary/aromatic N) is 3. The fourth-order valence-electron chi connectivity index (χ4n) is 4.58. The highest BCUT2D eigenvalue weighted by atomic mass is 32.2. The number of hydrogen-bond acceptors (Lipinski definition) is 11. The van der Waals surface area contributed by atoms with Crippen molar-refractivity contribution >= 4 is 64.8 Å². The Morgan fingerprint density at radius 1 is 0.818 bits per heavy atom. The van der Waals surface area contributed by atoms with Gasteiger partial charge < -0.3 is 14.9 Å². The minimum absolute atomic E-state index is 0.0420. The Kier molecular flexibility index (Phi) is 8.42. The molecule has 0 aliphatic carbocycles. The van der Waals surface area contributed by atoms with E-state index in [0.717, 1.165) is 58.2 Å². The number of phenols is 2. The number of thioether (sulfide) groups is 4. The van der Waals surface area contributed by atoms with Crippen molar-refractivity contribution in [3.8, 4) is 17.6 Å². The Hall–Kier alpha value is -4.22. The number of phenolic OH excluding ortho intramolecular Hbond substituents is 2. The second-order valence-corrected chi connectivity index (χ2v) is 14.0. The third-order valence-corrected chi connectivity index (χ3v) is 11.9. The molecule has 0 radical (unpaired) electrons. The second kappa shape index (κ2) is 12.4. The molecule has 3 aromatic rings.